The fourth-order valence-electron chi connectivity index (χ4n) is 3.42. The molecule has 1 aromatic rings. The van der Waals surface area contributed by atoms with Crippen molar-refractivity contribution in [3.05, 3.63) is 11.3 Å². The third kappa shape index (κ3) is 4.25. The third-order valence-corrected chi connectivity index (χ3v) is 4.62. The molecule has 0 amide bonds. The van der Waals surface area contributed by atoms with Crippen molar-refractivity contribution in [2.24, 2.45) is 7.05 Å². The van der Waals surface area contributed by atoms with Gasteiger partial charge in [-0.15, -0.1) is 0 Å². The highest BCUT2D eigenvalue weighted by atomic mass is 16.5. The molecule has 23 heavy (non-hydrogen) atoms. The molecule has 0 aliphatic carbocycles. The van der Waals surface area contributed by atoms with Gasteiger partial charge in [-0.25, -0.2) is 4.68 Å². The Morgan fingerprint density at radius 1 is 1.30 bits per heavy atom. The van der Waals surface area contributed by atoms with E-state index < -0.39 is 0 Å². The molecule has 6 nitrogen and oxygen atoms in total. The summed E-state index contributed by atoms with van der Waals surface area (Å²) in [7, 11) is 3.61. The maximum absolute atomic E-state index is 5.84. The molecule has 1 N–H and O–H groups in total. The van der Waals surface area contributed by atoms with E-state index in [2.05, 4.69) is 43.0 Å². The zero-order valence-corrected chi connectivity index (χ0v) is 15.6. The quantitative estimate of drug-likeness (QED) is 0.863. The van der Waals surface area contributed by atoms with Crippen LogP contribution >= 0.6 is 0 Å². The first kappa shape index (κ1) is 18.2. The van der Waals surface area contributed by atoms with Crippen molar-refractivity contribution in [3.8, 4) is 5.88 Å². The lowest BCUT2D eigenvalue weighted by atomic mass is 10.00. The molecule has 1 aliphatic rings. The normalized spacial score (nSPS) is 23.3. The average molecular weight is 324 g/mol. The van der Waals surface area contributed by atoms with E-state index in [9.17, 15) is 0 Å². The molecule has 6 heteroatoms. The molecule has 0 spiro atoms. The highest BCUT2D eigenvalue weighted by Crippen LogP contribution is 2.23. The lowest BCUT2D eigenvalue weighted by molar-refractivity contribution is -0.0952. The van der Waals surface area contributed by atoms with Crippen molar-refractivity contribution in [3.63, 3.8) is 0 Å². The summed E-state index contributed by atoms with van der Waals surface area (Å²) in [4.78, 5) is 2.52. The molecular formula is C17H32N4O2. The van der Waals surface area contributed by atoms with Crippen LogP contribution in [0.1, 0.15) is 39.0 Å². The first-order valence-corrected chi connectivity index (χ1v) is 8.42. The van der Waals surface area contributed by atoms with Crippen molar-refractivity contribution in [1.82, 2.24) is 20.0 Å². The largest absolute Gasteiger partial charge is 0.481 e. The second kappa shape index (κ2) is 7.20. The summed E-state index contributed by atoms with van der Waals surface area (Å²) in [6.45, 7) is 14.5. The minimum absolute atomic E-state index is 0.0790. The van der Waals surface area contributed by atoms with Crippen molar-refractivity contribution < 1.29 is 9.47 Å². The van der Waals surface area contributed by atoms with E-state index in [0.29, 0.717) is 12.2 Å². The predicted molar refractivity (Wildman–Crippen MR) is 91.9 cm³/mol. The summed E-state index contributed by atoms with van der Waals surface area (Å²) in [5.41, 5.74) is 2.23. The number of aromatic nitrogens is 2. The number of nitrogens with zero attached hydrogens (tertiary/aromatic N) is 3. The summed E-state index contributed by atoms with van der Waals surface area (Å²) in [6.07, 6.45) is 0.581. The topological polar surface area (TPSA) is 51.6 Å². The van der Waals surface area contributed by atoms with Gasteiger partial charge in [-0.05, 0) is 34.6 Å². The average Bonchev–Trinajstić information content (AvgIpc) is 2.71. The van der Waals surface area contributed by atoms with Crippen LogP contribution in [0, 0.1) is 6.92 Å². The van der Waals surface area contributed by atoms with Crippen molar-refractivity contribution >= 4 is 0 Å². The highest BCUT2D eigenvalue weighted by Gasteiger charge is 2.33. The number of methoxy groups -OCH3 is 1. The lowest BCUT2D eigenvalue weighted by Crippen LogP contribution is -2.58. The van der Waals surface area contributed by atoms with Crippen LogP contribution in [0.3, 0.4) is 0 Å². The summed E-state index contributed by atoms with van der Waals surface area (Å²) in [6, 6.07) is 0. The molecule has 132 valence electrons. The monoisotopic (exact) mass is 324 g/mol. The van der Waals surface area contributed by atoms with E-state index in [1.54, 1.807) is 11.8 Å². The number of nitrogens with one attached hydrogen (secondary N) is 1. The van der Waals surface area contributed by atoms with E-state index in [-0.39, 0.29) is 5.54 Å². The zero-order chi connectivity index (χ0) is 17.2. The first-order valence-electron chi connectivity index (χ1n) is 8.42. The Labute approximate surface area is 140 Å². The molecule has 0 saturated carbocycles. The molecule has 0 radical (unpaired) electrons. The Morgan fingerprint density at radius 3 is 2.48 bits per heavy atom. The van der Waals surface area contributed by atoms with Gasteiger partial charge in [0.1, 0.15) is 0 Å². The first-order chi connectivity index (χ1) is 10.7. The zero-order valence-electron chi connectivity index (χ0n) is 15.6. The SMILES string of the molecule is COc1c(CNCC(C)(C)N2C[C@@H](C)O[C@@H](C)C2)c(C)nn1C. The molecule has 1 saturated heterocycles. The van der Waals surface area contributed by atoms with Crippen LogP contribution in [0.25, 0.3) is 0 Å². The molecule has 2 atom stereocenters. The lowest BCUT2D eigenvalue weighted by Gasteiger charge is -2.45. The van der Waals surface area contributed by atoms with Crippen LogP contribution in [0.4, 0.5) is 0 Å². The van der Waals surface area contributed by atoms with Gasteiger partial charge in [-0.2, -0.15) is 5.10 Å². The van der Waals surface area contributed by atoms with E-state index >= 15 is 0 Å². The summed E-state index contributed by atoms with van der Waals surface area (Å²) < 4.78 is 13.1. The number of rotatable bonds is 6. The number of ether oxygens (including phenoxy) is 2. The van der Waals surface area contributed by atoms with Crippen molar-refractivity contribution in [1.29, 1.82) is 0 Å². The molecule has 1 aromatic heterocycles. The molecular weight excluding hydrogens is 292 g/mol. The number of hydrogen-bond donors (Lipinski definition) is 1. The number of aryl methyl sites for hydroxylation is 2. The van der Waals surface area contributed by atoms with E-state index in [0.717, 1.165) is 43.3 Å². The van der Waals surface area contributed by atoms with Gasteiger partial charge in [0, 0.05) is 38.8 Å². The second-order valence-electron chi connectivity index (χ2n) is 7.28. The van der Waals surface area contributed by atoms with Gasteiger partial charge in [-0.3, -0.25) is 4.90 Å². The van der Waals surface area contributed by atoms with Gasteiger partial charge in [0.25, 0.3) is 0 Å². The third-order valence-electron chi connectivity index (χ3n) is 4.62. The Morgan fingerprint density at radius 2 is 1.91 bits per heavy atom. The summed E-state index contributed by atoms with van der Waals surface area (Å²) >= 11 is 0. The van der Waals surface area contributed by atoms with Gasteiger partial charge in [0.2, 0.25) is 5.88 Å². The van der Waals surface area contributed by atoms with Crippen LogP contribution < -0.4 is 10.1 Å². The van der Waals surface area contributed by atoms with Gasteiger partial charge >= 0.3 is 0 Å². The van der Waals surface area contributed by atoms with E-state index in [1.165, 1.54) is 0 Å². The molecule has 2 heterocycles. The fraction of sp³-hybridized carbons (Fsp3) is 0.824. The Kier molecular flexibility index (Phi) is 5.70. The maximum atomic E-state index is 5.84. The second-order valence-corrected chi connectivity index (χ2v) is 7.28. The standard InChI is InChI=1S/C17H32N4O2/c1-12-9-21(10-13(2)23-12)17(4,5)11-18-8-15-14(3)19-20(6)16(15)22-7/h12-13,18H,8-11H2,1-7H3/t12-,13+. The minimum atomic E-state index is 0.0790. The molecule has 0 unspecified atom stereocenters. The van der Waals surface area contributed by atoms with E-state index in [4.69, 9.17) is 9.47 Å². The smallest absolute Gasteiger partial charge is 0.216 e. The predicted octanol–water partition coefficient (Wildman–Crippen LogP) is 1.71. The van der Waals surface area contributed by atoms with Crippen LogP contribution in [0.2, 0.25) is 0 Å². The van der Waals surface area contributed by atoms with Crippen LogP contribution in [-0.2, 0) is 18.3 Å². The van der Waals surface area contributed by atoms with Crippen LogP contribution in [-0.4, -0.2) is 59.2 Å². The van der Waals surface area contributed by atoms with Crippen LogP contribution in [0.5, 0.6) is 5.88 Å². The van der Waals surface area contributed by atoms with Crippen molar-refractivity contribution in [2.45, 2.75) is 58.9 Å². The minimum Gasteiger partial charge on any atom is -0.481 e. The van der Waals surface area contributed by atoms with Gasteiger partial charge in [0.05, 0.1) is 30.6 Å². The molecule has 1 fully saturated rings. The molecule has 0 bridgehead atoms. The van der Waals surface area contributed by atoms with Crippen molar-refractivity contribution in [2.75, 3.05) is 26.7 Å². The highest BCUT2D eigenvalue weighted by molar-refractivity contribution is 5.30. The Bertz CT molecular complexity index is 517. The van der Waals surface area contributed by atoms with Gasteiger partial charge < -0.3 is 14.8 Å². The molecule has 2 rings (SSSR count). The van der Waals surface area contributed by atoms with E-state index in [1.807, 2.05) is 14.0 Å². The molecule has 1 aliphatic heterocycles. The number of hydrogen-bond acceptors (Lipinski definition) is 5. The number of morpholine rings is 1. The molecule has 0 aromatic carbocycles. The summed E-state index contributed by atoms with van der Waals surface area (Å²) in [5.74, 6) is 0.835. The Hall–Kier alpha value is -1.11. The van der Waals surface area contributed by atoms with Crippen LogP contribution in [0.15, 0.2) is 0 Å². The van der Waals surface area contributed by atoms with Gasteiger partial charge in [-0.1, -0.05) is 0 Å². The van der Waals surface area contributed by atoms with Gasteiger partial charge in [0.15, 0.2) is 0 Å². The fourth-order valence-corrected chi connectivity index (χ4v) is 3.42. The Balaban J connectivity index is 1.95. The summed E-state index contributed by atoms with van der Waals surface area (Å²) in [5, 5.41) is 8.01. The maximum Gasteiger partial charge on any atom is 0.216 e.